The summed E-state index contributed by atoms with van der Waals surface area (Å²) in [5.74, 6) is -3.33. The second-order valence-electron chi connectivity index (χ2n) is 5.18. The van der Waals surface area contributed by atoms with E-state index in [-0.39, 0.29) is 0 Å². The Morgan fingerprint density at radius 1 is 1.19 bits per heavy atom. The molecule has 1 saturated carbocycles. The van der Waals surface area contributed by atoms with Gasteiger partial charge in [0.1, 0.15) is 6.10 Å². The first-order valence-electron chi connectivity index (χ1n) is 6.98. The molecule has 1 aromatic rings. The van der Waals surface area contributed by atoms with E-state index in [1.165, 1.54) is 0 Å². The van der Waals surface area contributed by atoms with Crippen LogP contribution >= 0.6 is 0 Å². The molecule has 1 aliphatic rings. The Bertz CT molecular complexity index is 524. The van der Waals surface area contributed by atoms with Gasteiger partial charge in [-0.05, 0) is 25.3 Å². The number of nitrogens with zero attached hydrogens (tertiary/aromatic N) is 1. The number of hydrogen-bond donors (Lipinski definition) is 1. The third kappa shape index (κ3) is 3.66. The third-order valence-corrected chi connectivity index (χ3v) is 3.66. The van der Waals surface area contributed by atoms with Gasteiger partial charge in [0.05, 0.1) is 11.0 Å². The molecule has 116 valence electrons. The molecule has 2 rings (SSSR count). The van der Waals surface area contributed by atoms with Gasteiger partial charge < -0.3 is 9.84 Å². The Kier molecular flexibility index (Phi) is 5.06. The number of aliphatic hydroxyl groups excluding tert-OH is 1. The predicted octanol–water partition coefficient (Wildman–Crippen LogP) is 3.34. The standard InChI is InChI=1S/C14H17F2NO4/c15-9-7-8-10(17(19)20)14(13(9)16)21-12-6-4-2-1-3-5-11(12)18/h7-8,11-12,18H,1-6H2. The second kappa shape index (κ2) is 6.80. The van der Waals surface area contributed by atoms with Crippen LogP contribution in [0.2, 0.25) is 0 Å². The van der Waals surface area contributed by atoms with E-state index in [0.29, 0.717) is 18.9 Å². The summed E-state index contributed by atoms with van der Waals surface area (Å²) in [5.41, 5.74) is -0.636. The molecule has 2 unspecified atom stereocenters. The SMILES string of the molecule is O=[N+]([O-])c1ccc(F)c(F)c1OC1CCCCCCC1O. The second-order valence-corrected chi connectivity index (χ2v) is 5.18. The molecule has 0 saturated heterocycles. The van der Waals surface area contributed by atoms with Gasteiger partial charge in [-0.15, -0.1) is 0 Å². The van der Waals surface area contributed by atoms with E-state index < -0.39 is 40.2 Å². The number of hydrogen-bond acceptors (Lipinski definition) is 4. The number of benzene rings is 1. The predicted molar refractivity (Wildman–Crippen MR) is 71.1 cm³/mol. The summed E-state index contributed by atoms with van der Waals surface area (Å²) in [6, 6.07) is 1.55. The molecule has 0 radical (unpaired) electrons. The van der Waals surface area contributed by atoms with E-state index in [1.54, 1.807) is 0 Å². The Balaban J connectivity index is 2.28. The van der Waals surface area contributed by atoms with E-state index in [4.69, 9.17) is 4.74 Å². The van der Waals surface area contributed by atoms with Crippen LogP contribution < -0.4 is 4.74 Å². The van der Waals surface area contributed by atoms with Gasteiger partial charge in [-0.1, -0.05) is 19.3 Å². The first kappa shape index (κ1) is 15.6. The van der Waals surface area contributed by atoms with Crippen LogP contribution in [0.25, 0.3) is 0 Å². The lowest BCUT2D eigenvalue weighted by Gasteiger charge is -2.26. The van der Waals surface area contributed by atoms with Crippen molar-refractivity contribution in [3.8, 4) is 5.75 Å². The minimum absolute atomic E-state index is 0.453. The van der Waals surface area contributed by atoms with Crippen molar-refractivity contribution in [2.75, 3.05) is 0 Å². The number of aliphatic hydroxyl groups is 1. The van der Waals surface area contributed by atoms with Gasteiger partial charge in [-0.25, -0.2) is 4.39 Å². The number of nitro benzene ring substituents is 1. The summed E-state index contributed by atoms with van der Waals surface area (Å²) < 4.78 is 32.4. The molecule has 1 fully saturated rings. The van der Waals surface area contributed by atoms with Crippen molar-refractivity contribution in [2.24, 2.45) is 0 Å². The number of rotatable bonds is 3. The highest BCUT2D eigenvalue weighted by Crippen LogP contribution is 2.34. The lowest BCUT2D eigenvalue weighted by molar-refractivity contribution is -0.386. The molecule has 1 aliphatic carbocycles. The molecule has 1 aromatic carbocycles. The van der Waals surface area contributed by atoms with Crippen molar-refractivity contribution in [1.29, 1.82) is 0 Å². The van der Waals surface area contributed by atoms with Gasteiger partial charge in [-0.3, -0.25) is 10.1 Å². The minimum atomic E-state index is -1.39. The Hall–Kier alpha value is -1.76. The molecule has 0 aromatic heterocycles. The molecule has 0 aliphatic heterocycles. The van der Waals surface area contributed by atoms with Gasteiger partial charge in [0.15, 0.2) is 5.82 Å². The average Bonchev–Trinajstić information content (AvgIpc) is 2.42. The van der Waals surface area contributed by atoms with Crippen LogP contribution in [0, 0.1) is 21.7 Å². The Morgan fingerprint density at radius 3 is 2.52 bits per heavy atom. The first-order chi connectivity index (χ1) is 10.0. The normalized spacial score (nSPS) is 23.2. The van der Waals surface area contributed by atoms with E-state index in [1.807, 2.05) is 0 Å². The summed E-state index contributed by atoms with van der Waals surface area (Å²) in [6.45, 7) is 0. The molecule has 0 bridgehead atoms. The monoisotopic (exact) mass is 301 g/mol. The summed E-state index contributed by atoms with van der Waals surface area (Å²) in [4.78, 5) is 10.1. The van der Waals surface area contributed by atoms with Crippen LogP contribution in [0.5, 0.6) is 5.75 Å². The van der Waals surface area contributed by atoms with Crippen LogP contribution in [0.1, 0.15) is 38.5 Å². The highest BCUT2D eigenvalue weighted by molar-refractivity contribution is 5.47. The molecule has 21 heavy (non-hydrogen) atoms. The van der Waals surface area contributed by atoms with Gasteiger partial charge in [0.25, 0.3) is 0 Å². The maximum absolute atomic E-state index is 13.8. The molecular weight excluding hydrogens is 284 g/mol. The topological polar surface area (TPSA) is 72.6 Å². The zero-order chi connectivity index (χ0) is 15.4. The van der Waals surface area contributed by atoms with Gasteiger partial charge >= 0.3 is 5.69 Å². The number of halogens is 2. The summed E-state index contributed by atoms with van der Waals surface area (Å²) >= 11 is 0. The molecule has 0 amide bonds. The van der Waals surface area contributed by atoms with E-state index >= 15 is 0 Å². The van der Waals surface area contributed by atoms with Crippen molar-refractivity contribution in [3.63, 3.8) is 0 Å². The smallest absolute Gasteiger partial charge is 0.314 e. The number of ether oxygens (including phenoxy) is 1. The zero-order valence-corrected chi connectivity index (χ0v) is 11.4. The number of nitro groups is 1. The summed E-state index contributed by atoms with van der Waals surface area (Å²) in [7, 11) is 0. The average molecular weight is 301 g/mol. The summed E-state index contributed by atoms with van der Waals surface area (Å²) in [6.07, 6.45) is 2.87. The lowest BCUT2D eigenvalue weighted by atomic mass is 9.96. The lowest BCUT2D eigenvalue weighted by Crippen LogP contribution is -2.33. The van der Waals surface area contributed by atoms with Crippen molar-refractivity contribution in [2.45, 2.75) is 50.7 Å². The fourth-order valence-corrected chi connectivity index (χ4v) is 2.50. The van der Waals surface area contributed by atoms with Crippen molar-refractivity contribution in [3.05, 3.63) is 33.9 Å². The fraction of sp³-hybridized carbons (Fsp3) is 0.571. The quantitative estimate of drug-likeness (QED) is 0.686. The van der Waals surface area contributed by atoms with Crippen molar-refractivity contribution in [1.82, 2.24) is 0 Å². The largest absolute Gasteiger partial charge is 0.479 e. The summed E-state index contributed by atoms with van der Waals surface area (Å²) in [5, 5.41) is 20.9. The van der Waals surface area contributed by atoms with E-state index in [2.05, 4.69) is 0 Å². The van der Waals surface area contributed by atoms with Crippen molar-refractivity contribution >= 4 is 5.69 Å². The first-order valence-corrected chi connectivity index (χ1v) is 6.98. The maximum Gasteiger partial charge on any atom is 0.314 e. The Morgan fingerprint density at radius 2 is 1.86 bits per heavy atom. The minimum Gasteiger partial charge on any atom is -0.479 e. The zero-order valence-electron chi connectivity index (χ0n) is 11.4. The van der Waals surface area contributed by atoms with Gasteiger partial charge in [0, 0.05) is 6.07 Å². The Labute approximate surface area is 120 Å². The van der Waals surface area contributed by atoms with E-state index in [9.17, 15) is 24.0 Å². The molecule has 0 heterocycles. The molecular formula is C14H17F2NO4. The van der Waals surface area contributed by atoms with Gasteiger partial charge in [0.2, 0.25) is 11.6 Å². The fourth-order valence-electron chi connectivity index (χ4n) is 2.50. The third-order valence-electron chi connectivity index (χ3n) is 3.66. The van der Waals surface area contributed by atoms with Gasteiger partial charge in [-0.2, -0.15) is 4.39 Å². The van der Waals surface area contributed by atoms with Crippen molar-refractivity contribution < 1.29 is 23.5 Å². The van der Waals surface area contributed by atoms with Crippen LogP contribution in [0.4, 0.5) is 14.5 Å². The highest BCUT2D eigenvalue weighted by atomic mass is 19.2. The van der Waals surface area contributed by atoms with Crippen LogP contribution in [0.15, 0.2) is 12.1 Å². The van der Waals surface area contributed by atoms with Crippen LogP contribution in [0.3, 0.4) is 0 Å². The molecule has 0 spiro atoms. The van der Waals surface area contributed by atoms with Crippen LogP contribution in [-0.4, -0.2) is 22.2 Å². The highest BCUT2D eigenvalue weighted by Gasteiger charge is 2.29. The molecule has 1 N–H and O–H groups in total. The maximum atomic E-state index is 13.8. The molecule has 2 atom stereocenters. The van der Waals surface area contributed by atoms with E-state index in [0.717, 1.165) is 31.7 Å². The van der Waals surface area contributed by atoms with Crippen LogP contribution in [-0.2, 0) is 0 Å². The molecule has 7 heteroatoms. The molecule has 5 nitrogen and oxygen atoms in total.